The van der Waals surface area contributed by atoms with E-state index in [1.54, 1.807) is 6.07 Å². The number of anilines is 2. The summed E-state index contributed by atoms with van der Waals surface area (Å²) in [5.41, 5.74) is 3.81. The quantitative estimate of drug-likeness (QED) is 0.503. The van der Waals surface area contributed by atoms with Crippen molar-refractivity contribution in [3.63, 3.8) is 0 Å². The maximum absolute atomic E-state index is 12.9. The average Bonchev–Trinajstić information content (AvgIpc) is 3.32. The van der Waals surface area contributed by atoms with Gasteiger partial charge in [-0.2, -0.15) is 0 Å². The summed E-state index contributed by atoms with van der Waals surface area (Å²) in [7, 11) is 3.96. The first-order chi connectivity index (χ1) is 14.9. The Labute approximate surface area is 188 Å². The molecule has 0 aliphatic heterocycles. The lowest BCUT2D eigenvalue weighted by molar-refractivity contribution is -0.133. The van der Waals surface area contributed by atoms with E-state index in [1.807, 2.05) is 90.8 Å². The third-order valence-corrected chi connectivity index (χ3v) is 6.15. The van der Waals surface area contributed by atoms with Gasteiger partial charge >= 0.3 is 0 Å². The fraction of sp³-hybridized carbons (Fsp3) is 0.280. The molecule has 6 heteroatoms. The maximum atomic E-state index is 12.9. The van der Waals surface area contributed by atoms with Crippen molar-refractivity contribution in [2.45, 2.75) is 32.9 Å². The number of amides is 2. The summed E-state index contributed by atoms with van der Waals surface area (Å²) in [6, 6.07) is 19.5. The van der Waals surface area contributed by atoms with Gasteiger partial charge in [0.2, 0.25) is 5.91 Å². The molecule has 0 saturated carbocycles. The summed E-state index contributed by atoms with van der Waals surface area (Å²) in [4.78, 5) is 30.0. The van der Waals surface area contributed by atoms with Gasteiger partial charge in [0, 0.05) is 38.4 Å². The number of nitrogens with one attached hydrogen (secondary N) is 1. The van der Waals surface area contributed by atoms with Gasteiger partial charge in [-0.15, -0.1) is 11.3 Å². The van der Waals surface area contributed by atoms with Crippen molar-refractivity contribution in [1.82, 2.24) is 4.90 Å². The lowest BCUT2D eigenvalue weighted by Gasteiger charge is -2.31. The molecule has 0 spiro atoms. The average molecular weight is 436 g/mol. The maximum Gasteiger partial charge on any atom is 0.265 e. The van der Waals surface area contributed by atoms with Crippen molar-refractivity contribution in [3.8, 4) is 0 Å². The van der Waals surface area contributed by atoms with Crippen LogP contribution in [-0.2, 0) is 11.3 Å². The number of carbonyl (C=O) groups excluding carboxylic acids is 2. The third kappa shape index (κ3) is 5.52. The van der Waals surface area contributed by atoms with Gasteiger partial charge < -0.3 is 15.1 Å². The van der Waals surface area contributed by atoms with Gasteiger partial charge in [0.05, 0.1) is 10.9 Å². The topological polar surface area (TPSA) is 52.7 Å². The Kier molecular flexibility index (Phi) is 7.47. The molecule has 0 unspecified atom stereocenters. The Balaban J connectivity index is 1.91. The number of carbonyl (C=O) groups is 2. The molecular formula is C25H29N3O2S. The first-order valence-corrected chi connectivity index (χ1v) is 11.3. The van der Waals surface area contributed by atoms with Crippen LogP contribution in [0.3, 0.4) is 0 Å². The Morgan fingerprint density at radius 1 is 1.03 bits per heavy atom. The van der Waals surface area contributed by atoms with Gasteiger partial charge in [-0.05, 0) is 47.7 Å². The second-order valence-electron chi connectivity index (χ2n) is 7.63. The molecule has 1 atom stereocenters. The number of rotatable bonds is 8. The van der Waals surface area contributed by atoms with Crippen molar-refractivity contribution in [3.05, 3.63) is 82.0 Å². The minimum absolute atomic E-state index is 0.0620. The van der Waals surface area contributed by atoms with Gasteiger partial charge in [0.25, 0.3) is 5.91 Å². The number of benzene rings is 2. The van der Waals surface area contributed by atoms with Gasteiger partial charge in [0.1, 0.15) is 0 Å². The van der Waals surface area contributed by atoms with Gasteiger partial charge in [-0.3, -0.25) is 9.59 Å². The fourth-order valence-corrected chi connectivity index (χ4v) is 4.18. The zero-order valence-corrected chi connectivity index (χ0v) is 19.3. The van der Waals surface area contributed by atoms with E-state index in [2.05, 4.69) is 12.2 Å². The minimum atomic E-state index is -0.127. The van der Waals surface area contributed by atoms with Crippen molar-refractivity contribution in [2.24, 2.45) is 0 Å². The molecule has 1 heterocycles. The van der Waals surface area contributed by atoms with Crippen LogP contribution in [0.4, 0.5) is 11.4 Å². The fourth-order valence-electron chi connectivity index (χ4n) is 3.57. The Morgan fingerprint density at radius 3 is 2.39 bits per heavy atom. The lowest BCUT2D eigenvalue weighted by atomic mass is 10.0. The number of hydrogen-bond donors (Lipinski definition) is 1. The normalized spacial score (nSPS) is 11.6. The van der Waals surface area contributed by atoms with Gasteiger partial charge in [-0.1, -0.05) is 43.3 Å². The van der Waals surface area contributed by atoms with Crippen LogP contribution < -0.4 is 10.2 Å². The van der Waals surface area contributed by atoms with E-state index < -0.39 is 0 Å². The van der Waals surface area contributed by atoms with Crippen LogP contribution in [0.1, 0.15) is 47.1 Å². The highest BCUT2D eigenvalue weighted by atomic mass is 32.1. The Bertz CT molecular complexity index is 1020. The molecule has 0 fully saturated rings. The summed E-state index contributed by atoms with van der Waals surface area (Å²) in [6.45, 7) is 4.40. The van der Waals surface area contributed by atoms with E-state index in [-0.39, 0.29) is 17.9 Å². The Hall–Kier alpha value is -3.12. The molecule has 5 nitrogen and oxygen atoms in total. The molecule has 3 rings (SSSR count). The lowest BCUT2D eigenvalue weighted by Crippen LogP contribution is -2.33. The zero-order valence-electron chi connectivity index (χ0n) is 18.5. The monoisotopic (exact) mass is 435 g/mol. The van der Waals surface area contributed by atoms with E-state index >= 15 is 0 Å². The van der Waals surface area contributed by atoms with Gasteiger partial charge in [0.15, 0.2) is 0 Å². The first-order valence-electron chi connectivity index (χ1n) is 10.4. The summed E-state index contributed by atoms with van der Waals surface area (Å²) in [6.07, 6.45) is 0.434. The second kappa shape index (κ2) is 10.3. The highest BCUT2D eigenvalue weighted by Crippen LogP contribution is 2.29. The summed E-state index contributed by atoms with van der Waals surface area (Å²) < 4.78 is 0. The van der Waals surface area contributed by atoms with Crippen LogP contribution in [-0.4, -0.2) is 30.8 Å². The van der Waals surface area contributed by atoms with Crippen LogP contribution in [0.15, 0.2) is 66.0 Å². The smallest absolute Gasteiger partial charge is 0.265 e. The summed E-state index contributed by atoms with van der Waals surface area (Å²) in [5.74, 6) is -0.0354. The molecule has 0 radical (unpaired) electrons. The molecule has 0 bridgehead atoms. The van der Waals surface area contributed by atoms with Crippen LogP contribution in [0.25, 0.3) is 0 Å². The molecular weight excluding hydrogens is 406 g/mol. The predicted molar refractivity (Wildman–Crippen MR) is 129 cm³/mol. The van der Waals surface area contributed by atoms with Crippen molar-refractivity contribution < 1.29 is 9.59 Å². The van der Waals surface area contributed by atoms with E-state index in [0.29, 0.717) is 17.8 Å². The molecule has 0 aliphatic carbocycles. The summed E-state index contributed by atoms with van der Waals surface area (Å²) in [5, 5.41) is 4.86. The molecule has 1 N–H and O–H groups in total. The van der Waals surface area contributed by atoms with Crippen LogP contribution in [0.2, 0.25) is 0 Å². The SMILES string of the molecule is CCC(=O)N(Cc1cc(NC(=O)c2cccs2)ccc1N(C)C)[C@@H](C)c1ccccc1. The molecule has 3 aromatic rings. The molecule has 2 amide bonds. The predicted octanol–water partition coefficient (Wildman–Crippen LogP) is 5.57. The van der Waals surface area contributed by atoms with Gasteiger partial charge in [-0.25, -0.2) is 0 Å². The zero-order chi connectivity index (χ0) is 22.4. The standard InChI is InChI=1S/C25H29N3O2S/c1-5-24(29)28(18(2)19-10-7-6-8-11-19)17-20-16-21(13-14-22(20)27(3)4)26-25(30)23-12-9-15-31-23/h6-16,18H,5,17H2,1-4H3,(H,26,30)/t18-/m0/s1. The minimum Gasteiger partial charge on any atom is -0.377 e. The number of nitrogens with zero attached hydrogens (tertiary/aromatic N) is 2. The second-order valence-corrected chi connectivity index (χ2v) is 8.58. The van der Waals surface area contributed by atoms with E-state index in [1.165, 1.54) is 11.3 Å². The van der Waals surface area contributed by atoms with Crippen molar-refractivity contribution >= 4 is 34.5 Å². The van der Waals surface area contributed by atoms with Crippen LogP contribution in [0.5, 0.6) is 0 Å². The number of thiophene rings is 1. The third-order valence-electron chi connectivity index (χ3n) is 5.28. The van der Waals surface area contributed by atoms with Crippen molar-refractivity contribution in [2.75, 3.05) is 24.3 Å². The Morgan fingerprint density at radius 2 is 1.77 bits per heavy atom. The largest absolute Gasteiger partial charge is 0.377 e. The van der Waals surface area contributed by atoms with Crippen molar-refractivity contribution in [1.29, 1.82) is 0 Å². The highest BCUT2D eigenvalue weighted by molar-refractivity contribution is 7.12. The molecule has 162 valence electrons. The number of hydrogen-bond acceptors (Lipinski definition) is 4. The van der Waals surface area contributed by atoms with E-state index in [9.17, 15) is 9.59 Å². The first kappa shape index (κ1) is 22.6. The highest BCUT2D eigenvalue weighted by Gasteiger charge is 2.22. The van der Waals surface area contributed by atoms with E-state index in [4.69, 9.17) is 0 Å². The summed E-state index contributed by atoms with van der Waals surface area (Å²) >= 11 is 1.41. The van der Waals surface area contributed by atoms with Crippen LogP contribution in [0, 0.1) is 0 Å². The van der Waals surface area contributed by atoms with E-state index in [0.717, 1.165) is 22.5 Å². The molecule has 2 aromatic carbocycles. The van der Waals surface area contributed by atoms with Crippen LogP contribution >= 0.6 is 11.3 Å². The molecule has 0 aliphatic rings. The molecule has 1 aromatic heterocycles. The molecule has 0 saturated heterocycles. The molecule has 31 heavy (non-hydrogen) atoms.